The second-order valence-electron chi connectivity index (χ2n) is 9.30. The van der Waals surface area contributed by atoms with Crippen LogP contribution in [-0.2, 0) is 0 Å². The Kier molecular flexibility index (Phi) is 3.91. The molecule has 0 saturated heterocycles. The van der Waals surface area contributed by atoms with E-state index in [2.05, 4.69) is 119 Å². The van der Waals surface area contributed by atoms with E-state index in [1.807, 2.05) is 0 Å². The lowest BCUT2D eigenvalue weighted by Gasteiger charge is -1.99. The van der Waals surface area contributed by atoms with Gasteiger partial charge in [-0.1, -0.05) is 72.8 Å². The zero-order chi connectivity index (χ0) is 23.6. The molecule has 2 N–H and O–H groups in total. The molecule has 3 aromatic heterocycles. The van der Waals surface area contributed by atoms with Crippen LogP contribution < -0.4 is 0 Å². The smallest absolute Gasteiger partial charge is 0.0738 e. The molecular formula is C32H20N4. The minimum absolute atomic E-state index is 0.934. The van der Waals surface area contributed by atoms with Crippen LogP contribution in [0.5, 0.6) is 0 Å². The summed E-state index contributed by atoms with van der Waals surface area (Å²) in [6.45, 7) is 0. The Labute approximate surface area is 207 Å². The van der Waals surface area contributed by atoms with E-state index in [0.29, 0.717) is 0 Å². The maximum absolute atomic E-state index is 5.11. The number of nitrogens with zero attached hydrogens (tertiary/aromatic N) is 2. The molecule has 6 aromatic rings. The second kappa shape index (κ2) is 7.27. The summed E-state index contributed by atoms with van der Waals surface area (Å²) >= 11 is 0. The van der Waals surface area contributed by atoms with Gasteiger partial charge >= 0.3 is 0 Å². The summed E-state index contributed by atoms with van der Waals surface area (Å²) in [6.07, 6.45) is 0. The Morgan fingerprint density at radius 3 is 1.42 bits per heavy atom. The highest BCUT2D eigenvalue weighted by Gasteiger charge is 2.19. The van der Waals surface area contributed by atoms with Gasteiger partial charge in [0, 0.05) is 55.1 Å². The van der Waals surface area contributed by atoms with Crippen LogP contribution >= 0.6 is 0 Å². The summed E-state index contributed by atoms with van der Waals surface area (Å²) in [5, 5.41) is 2.36. The third-order valence-electron chi connectivity index (χ3n) is 7.09. The first-order valence-electron chi connectivity index (χ1n) is 12.1. The molecule has 8 rings (SSSR count). The summed E-state index contributed by atoms with van der Waals surface area (Å²) < 4.78 is 0. The monoisotopic (exact) mass is 460 g/mol. The summed E-state index contributed by atoms with van der Waals surface area (Å²) in [4.78, 5) is 17.4. The van der Waals surface area contributed by atoms with E-state index in [1.165, 1.54) is 10.8 Å². The highest BCUT2D eigenvalue weighted by atomic mass is 14.8. The first-order chi connectivity index (χ1) is 17.8. The fourth-order valence-electron chi connectivity index (χ4n) is 5.43. The van der Waals surface area contributed by atoms with E-state index in [1.54, 1.807) is 0 Å². The number of aromatic nitrogens is 4. The quantitative estimate of drug-likeness (QED) is 0.240. The number of aromatic amines is 2. The van der Waals surface area contributed by atoms with Gasteiger partial charge in [-0.05, 0) is 36.4 Å². The lowest BCUT2D eigenvalue weighted by Crippen LogP contribution is -1.77. The van der Waals surface area contributed by atoms with Crippen molar-refractivity contribution in [1.29, 1.82) is 0 Å². The molecule has 36 heavy (non-hydrogen) atoms. The fourth-order valence-corrected chi connectivity index (χ4v) is 5.43. The van der Waals surface area contributed by atoms with Crippen LogP contribution in [0.25, 0.3) is 77.9 Å². The minimum atomic E-state index is 0.934. The number of hydrogen-bond donors (Lipinski definition) is 2. The van der Waals surface area contributed by atoms with Gasteiger partial charge in [0.15, 0.2) is 0 Å². The highest BCUT2D eigenvalue weighted by Crippen LogP contribution is 2.40. The normalized spacial score (nSPS) is 11.9. The van der Waals surface area contributed by atoms with Gasteiger partial charge in [0.1, 0.15) is 0 Å². The van der Waals surface area contributed by atoms with Crippen molar-refractivity contribution in [3.63, 3.8) is 0 Å². The molecule has 0 fully saturated rings. The third-order valence-corrected chi connectivity index (χ3v) is 7.09. The van der Waals surface area contributed by atoms with Gasteiger partial charge in [0.05, 0.1) is 22.8 Å². The molecule has 0 unspecified atom stereocenters. The highest BCUT2D eigenvalue weighted by molar-refractivity contribution is 6.08. The Balaban J connectivity index is 1.56. The molecule has 2 aliphatic heterocycles. The van der Waals surface area contributed by atoms with E-state index in [0.717, 1.165) is 67.1 Å². The van der Waals surface area contributed by atoms with Crippen LogP contribution in [0.4, 0.5) is 0 Å². The van der Waals surface area contributed by atoms with E-state index in [9.17, 15) is 0 Å². The molecule has 4 heteroatoms. The number of benzene rings is 3. The van der Waals surface area contributed by atoms with E-state index in [4.69, 9.17) is 9.97 Å². The predicted octanol–water partition coefficient (Wildman–Crippen LogP) is 8.14. The van der Waals surface area contributed by atoms with Gasteiger partial charge in [0.2, 0.25) is 0 Å². The van der Waals surface area contributed by atoms with Crippen molar-refractivity contribution in [1.82, 2.24) is 19.9 Å². The van der Waals surface area contributed by atoms with Gasteiger partial charge < -0.3 is 9.97 Å². The fraction of sp³-hybridized carbons (Fsp3) is 0. The summed E-state index contributed by atoms with van der Waals surface area (Å²) in [6, 6.07) is 38.1. The average Bonchev–Trinajstić information content (AvgIpc) is 3.67. The lowest BCUT2D eigenvalue weighted by molar-refractivity contribution is 1.38. The third kappa shape index (κ3) is 2.88. The van der Waals surface area contributed by atoms with Crippen LogP contribution in [0.15, 0.2) is 109 Å². The molecule has 0 amide bonds. The number of H-pyrrole nitrogens is 2. The molecule has 0 aliphatic carbocycles. The van der Waals surface area contributed by atoms with E-state index in [-0.39, 0.29) is 0 Å². The number of fused-ring (bicyclic) bond motifs is 17. The molecule has 0 saturated carbocycles. The number of hydrogen-bond acceptors (Lipinski definition) is 2. The Morgan fingerprint density at radius 2 is 0.833 bits per heavy atom. The van der Waals surface area contributed by atoms with Crippen molar-refractivity contribution >= 4 is 32.8 Å². The topological polar surface area (TPSA) is 57.4 Å². The summed E-state index contributed by atoms with van der Waals surface area (Å²) in [7, 11) is 0. The van der Waals surface area contributed by atoms with Crippen molar-refractivity contribution < 1.29 is 0 Å². The first kappa shape index (κ1) is 19.4. The van der Waals surface area contributed by atoms with E-state index < -0.39 is 0 Å². The molecule has 4 nitrogen and oxygen atoms in total. The standard InChI is InChI=1S/C32H20N4/c1-3-9-23-21(7-1)27-15-19-13-14-20(33-19)16-28-22-8-2-4-10-24(22)30(35-28)18-32-26-12-6-5-11-25(26)31(36-32)17-29(23)34-27/h1-18,33-34H. The summed E-state index contributed by atoms with van der Waals surface area (Å²) in [5.41, 5.74) is 12.5. The molecule has 0 radical (unpaired) electrons. The first-order valence-corrected chi connectivity index (χ1v) is 12.1. The SMILES string of the molecule is c1ccc2c(c1)-c1cc3nc(cc4[nH]c(cc5ccc(cc-2n1)[nH]5)c1ccccc41)-c1ccccc1-3. The van der Waals surface area contributed by atoms with Crippen LogP contribution in [0.2, 0.25) is 0 Å². The zero-order valence-electron chi connectivity index (χ0n) is 19.3. The Bertz CT molecular complexity index is 2010. The van der Waals surface area contributed by atoms with Gasteiger partial charge in [-0.2, -0.15) is 0 Å². The molecule has 5 heterocycles. The molecular weight excluding hydrogens is 440 g/mol. The van der Waals surface area contributed by atoms with Crippen LogP contribution in [0.1, 0.15) is 0 Å². The van der Waals surface area contributed by atoms with Crippen LogP contribution in [0.3, 0.4) is 0 Å². The van der Waals surface area contributed by atoms with Crippen LogP contribution in [-0.4, -0.2) is 19.9 Å². The maximum Gasteiger partial charge on any atom is 0.0738 e. The van der Waals surface area contributed by atoms with Crippen molar-refractivity contribution in [2.45, 2.75) is 0 Å². The molecule has 8 bridgehead atoms. The Hall–Kier alpha value is -4.96. The molecule has 0 atom stereocenters. The zero-order valence-corrected chi connectivity index (χ0v) is 19.3. The van der Waals surface area contributed by atoms with Crippen molar-refractivity contribution in [3.05, 3.63) is 109 Å². The number of rotatable bonds is 0. The van der Waals surface area contributed by atoms with E-state index >= 15 is 0 Å². The van der Waals surface area contributed by atoms with Gasteiger partial charge in [-0.3, -0.25) is 0 Å². The minimum Gasteiger partial charge on any atom is -0.355 e. The van der Waals surface area contributed by atoms with Crippen LogP contribution in [0, 0.1) is 0 Å². The van der Waals surface area contributed by atoms with Gasteiger partial charge in [-0.15, -0.1) is 0 Å². The van der Waals surface area contributed by atoms with Crippen molar-refractivity contribution in [2.24, 2.45) is 0 Å². The average molecular weight is 461 g/mol. The van der Waals surface area contributed by atoms with Gasteiger partial charge in [0.25, 0.3) is 0 Å². The molecule has 168 valence electrons. The maximum atomic E-state index is 5.11. The molecule has 2 aliphatic rings. The number of nitrogens with one attached hydrogen (secondary N) is 2. The summed E-state index contributed by atoms with van der Waals surface area (Å²) in [5.74, 6) is 0. The lowest BCUT2D eigenvalue weighted by atomic mass is 10.0. The van der Waals surface area contributed by atoms with Crippen molar-refractivity contribution in [3.8, 4) is 45.0 Å². The molecule has 3 aromatic carbocycles. The predicted molar refractivity (Wildman–Crippen MR) is 147 cm³/mol. The van der Waals surface area contributed by atoms with Gasteiger partial charge in [-0.25, -0.2) is 9.97 Å². The second-order valence-corrected chi connectivity index (χ2v) is 9.30. The van der Waals surface area contributed by atoms with Crippen molar-refractivity contribution in [2.75, 3.05) is 0 Å². The molecule has 0 spiro atoms. The Morgan fingerprint density at radius 1 is 0.389 bits per heavy atom. The largest absolute Gasteiger partial charge is 0.355 e.